The molecule has 0 aromatic heterocycles. The van der Waals surface area contributed by atoms with Crippen molar-refractivity contribution in [1.82, 2.24) is 4.90 Å². The van der Waals surface area contributed by atoms with Gasteiger partial charge in [0.15, 0.2) is 6.04 Å². The van der Waals surface area contributed by atoms with Gasteiger partial charge in [-0.05, 0) is 39.5 Å². The number of carbonyl (C=O) groups excluding carboxylic acids is 1. The van der Waals surface area contributed by atoms with Crippen molar-refractivity contribution in [3.63, 3.8) is 0 Å². The number of alkyl halides is 3. The molecule has 0 aliphatic carbocycles. The highest BCUT2D eigenvalue weighted by Gasteiger charge is 2.44. The summed E-state index contributed by atoms with van der Waals surface area (Å²) in [5.41, 5.74) is 1.06. The highest BCUT2D eigenvalue weighted by atomic mass is 79.9. The highest BCUT2D eigenvalue weighted by molar-refractivity contribution is 9.10. The molecule has 1 aliphatic rings. The molecule has 114 valence electrons. The van der Waals surface area contributed by atoms with Gasteiger partial charge in [-0.2, -0.15) is 13.2 Å². The summed E-state index contributed by atoms with van der Waals surface area (Å²) in [6, 6.07) is 0.651. The summed E-state index contributed by atoms with van der Waals surface area (Å²) in [7, 11) is 0. The summed E-state index contributed by atoms with van der Waals surface area (Å²) in [5.74, 6) is 0. The molecule has 1 aliphatic heterocycles. The normalized spacial score (nSPS) is 17.1. The summed E-state index contributed by atoms with van der Waals surface area (Å²) in [6.45, 7) is -0.0520. The molecule has 0 amide bonds. The molecule has 0 spiro atoms. The van der Waals surface area contributed by atoms with Crippen molar-refractivity contribution in [2.45, 2.75) is 25.2 Å². The van der Waals surface area contributed by atoms with Crippen LogP contribution in [0.3, 0.4) is 0 Å². The van der Waals surface area contributed by atoms with Gasteiger partial charge in [0.25, 0.3) is 5.69 Å². The van der Waals surface area contributed by atoms with Gasteiger partial charge >= 0.3 is 6.18 Å². The molecule has 0 saturated carbocycles. The summed E-state index contributed by atoms with van der Waals surface area (Å²) in [6.07, 6.45) is -4.52. The monoisotopic (exact) mass is 366 g/mol. The van der Waals surface area contributed by atoms with Crippen LogP contribution in [0.4, 0.5) is 18.9 Å². The Morgan fingerprint density at radius 1 is 1.38 bits per heavy atom. The van der Waals surface area contributed by atoms with E-state index in [-0.39, 0.29) is 36.0 Å². The molecule has 5 nitrogen and oxygen atoms in total. The third-order valence-electron chi connectivity index (χ3n) is 3.37. The van der Waals surface area contributed by atoms with Crippen molar-refractivity contribution in [3.05, 3.63) is 37.8 Å². The van der Waals surface area contributed by atoms with Crippen molar-refractivity contribution in [1.29, 1.82) is 0 Å². The fourth-order valence-corrected chi connectivity index (χ4v) is 2.87. The Bertz CT molecular complexity index is 592. The first-order valence-corrected chi connectivity index (χ1v) is 6.75. The molecule has 0 radical (unpaired) electrons. The number of nitrogens with zero attached hydrogens (tertiary/aromatic N) is 2. The van der Waals surface area contributed by atoms with Crippen LogP contribution >= 0.6 is 15.9 Å². The van der Waals surface area contributed by atoms with Gasteiger partial charge in [0.2, 0.25) is 0 Å². The highest BCUT2D eigenvalue weighted by Crippen LogP contribution is 2.33. The molecule has 0 bridgehead atoms. The number of nitro groups is 1. The molecule has 1 unspecified atom stereocenters. The molecular formula is C12H10BrF3N2O3. The van der Waals surface area contributed by atoms with Gasteiger partial charge in [-0.25, -0.2) is 0 Å². The first-order chi connectivity index (χ1) is 9.74. The Kier molecular flexibility index (Phi) is 4.33. The molecule has 0 N–H and O–H groups in total. The van der Waals surface area contributed by atoms with E-state index in [1.807, 2.05) is 0 Å². The van der Waals surface area contributed by atoms with Crippen molar-refractivity contribution < 1.29 is 22.9 Å². The number of rotatable bonds is 3. The third kappa shape index (κ3) is 3.24. The summed E-state index contributed by atoms with van der Waals surface area (Å²) in [4.78, 5) is 22.0. The minimum Gasteiger partial charge on any atom is -0.301 e. The minimum absolute atomic E-state index is 0.0225. The topological polar surface area (TPSA) is 63.5 Å². The fourth-order valence-electron chi connectivity index (χ4n) is 2.34. The number of hydrogen-bond donors (Lipinski definition) is 0. The van der Waals surface area contributed by atoms with Crippen molar-refractivity contribution >= 4 is 27.9 Å². The largest absolute Gasteiger partial charge is 0.410 e. The second-order valence-electron chi connectivity index (χ2n) is 4.67. The van der Waals surface area contributed by atoms with Crippen molar-refractivity contribution in [2.75, 3.05) is 6.54 Å². The number of hydrogen-bond acceptors (Lipinski definition) is 4. The standard InChI is InChI=1S/C12H10BrF3N2O3/c13-9-3-8-5-17(11(6-19)12(14,15)16)2-1-7(8)4-10(9)18(20)21/h3-4,6,11H,1-2,5H2. The Morgan fingerprint density at radius 3 is 2.57 bits per heavy atom. The second kappa shape index (κ2) is 5.72. The Balaban J connectivity index is 2.31. The Morgan fingerprint density at radius 2 is 2.05 bits per heavy atom. The van der Waals surface area contributed by atoms with E-state index < -0.39 is 17.1 Å². The van der Waals surface area contributed by atoms with Gasteiger partial charge in [-0.3, -0.25) is 15.0 Å². The molecule has 1 heterocycles. The van der Waals surface area contributed by atoms with Crippen LogP contribution in [0.15, 0.2) is 16.6 Å². The predicted octanol–water partition coefficient (Wildman–Crippen LogP) is 2.85. The van der Waals surface area contributed by atoms with Gasteiger partial charge in [-0.15, -0.1) is 0 Å². The number of benzene rings is 1. The van der Waals surface area contributed by atoms with Crippen LogP contribution in [0.1, 0.15) is 11.1 Å². The first kappa shape index (κ1) is 15.9. The van der Waals surface area contributed by atoms with Gasteiger partial charge < -0.3 is 4.79 Å². The lowest BCUT2D eigenvalue weighted by Crippen LogP contribution is -2.48. The second-order valence-corrected chi connectivity index (χ2v) is 5.53. The summed E-state index contributed by atoms with van der Waals surface area (Å²) < 4.78 is 38.5. The molecular weight excluding hydrogens is 357 g/mol. The average Bonchev–Trinajstić information content (AvgIpc) is 2.36. The molecule has 0 saturated heterocycles. The SMILES string of the molecule is O=CC(N1CCc2cc([N+](=O)[O-])c(Br)cc2C1)C(F)(F)F. The lowest BCUT2D eigenvalue weighted by atomic mass is 9.98. The van der Waals surface area contributed by atoms with Gasteiger partial charge in [0.05, 0.1) is 9.40 Å². The van der Waals surface area contributed by atoms with Gasteiger partial charge in [-0.1, -0.05) is 0 Å². The smallest absolute Gasteiger partial charge is 0.301 e. The quantitative estimate of drug-likeness (QED) is 0.468. The molecule has 1 aromatic carbocycles. The maximum Gasteiger partial charge on any atom is 0.410 e. The molecule has 2 rings (SSSR count). The van der Waals surface area contributed by atoms with Crippen LogP contribution in [0.25, 0.3) is 0 Å². The van der Waals surface area contributed by atoms with Crippen LogP contribution in [-0.4, -0.2) is 34.9 Å². The lowest BCUT2D eigenvalue weighted by Gasteiger charge is -2.33. The van der Waals surface area contributed by atoms with Crippen LogP contribution in [0.5, 0.6) is 0 Å². The number of nitro benzene ring substituents is 1. The van der Waals surface area contributed by atoms with Crippen LogP contribution in [0, 0.1) is 10.1 Å². The van der Waals surface area contributed by atoms with E-state index >= 15 is 0 Å². The summed E-state index contributed by atoms with van der Waals surface area (Å²) >= 11 is 3.04. The number of fused-ring (bicyclic) bond motifs is 1. The number of aldehydes is 1. The maximum atomic E-state index is 12.8. The Labute approximate surface area is 126 Å². The predicted molar refractivity (Wildman–Crippen MR) is 70.8 cm³/mol. The first-order valence-electron chi connectivity index (χ1n) is 5.95. The lowest BCUT2D eigenvalue weighted by molar-refractivity contribution is -0.385. The van der Waals surface area contributed by atoms with Crippen molar-refractivity contribution in [3.8, 4) is 0 Å². The van der Waals surface area contributed by atoms with E-state index in [4.69, 9.17) is 0 Å². The third-order valence-corrected chi connectivity index (χ3v) is 4.00. The van der Waals surface area contributed by atoms with Crippen LogP contribution < -0.4 is 0 Å². The van der Waals surface area contributed by atoms with E-state index in [9.17, 15) is 28.1 Å². The van der Waals surface area contributed by atoms with Crippen LogP contribution in [-0.2, 0) is 17.8 Å². The van der Waals surface area contributed by atoms with Crippen LogP contribution in [0.2, 0.25) is 0 Å². The van der Waals surface area contributed by atoms with E-state index in [0.29, 0.717) is 11.1 Å². The minimum atomic E-state index is -4.63. The van der Waals surface area contributed by atoms with Gasteiger partial charge in [0, 0.05) is 19.2 Å². The maximum absolute atomic E-state index is 12.8. The van der Waals surface area contributed by atoms with E-state index in [1.165, 1.54) is 12.1 Å². The number of halogens is 4. The van der Waals surface area contributed by atoms with E-state index in [1.54, 1.807) is 0 Å². The zero-order chi connectivity index (χ0) is 15.8. The zero-order valence-corrected chi connectivity index (χ0v) is 12.1. The molecule has 9 heteroatoms. The van der Waals surface area contributed by atoms with Crippen molar-refractivity contribution in [2.24, 2.45) is 0 Å². The summed E-state index contributed by atoms with van der Waals surface area (Å²) in [5, 5.41) is 10.8. The molecule has 1 atom stereocenters. The molecule has 21 heavy (non-hydrogen) atoms. The van der Waals surface area contributed by atoms with Gasteiger partial charge in [0.1, 0.15) is 6.29 Å². The van der Waals surface area contributed by atoms with E-state index in [0.717, 1.165) is 4.90 Å². The zero-order valence-electron chi connectivity index (χ0n) is 10.6. The molecule has 1 aromatic rings. The fraction of sp³-hybridized carbons (Fsp3) is 0.417. The Hall–Kier alpha value is -1.48. The van der Waals surface area contributed by atoms with E-state index in [2.05, 4.69) is 15.9 Å². The average molecular weight is 367 g/mol. The number of carbonyl (C=O) groups is 1. The molecule has 0 fully saturated rings.